The molecule has 0 aliphatic carbocycles. The summed E-state index contributed by atoms with van der Waals surface area (Å²) in [7, 11) is 7.37. The summed E-state index contributed by atoms with van der Waals surface area (Å²) >= 11 is 0. The van der Waals surface area contributed by atoms with Crippen molar-refractivity contribution in [3.8, 4) is 0 Å². The highest BCUT2D eigenvalue weighted by molar-refractivity contribution is 6.97. The van der Waals surface area contributed by atoms with Crippen LogP contribution in [0.3, 0.4) is 0 Å². The van der Waals surface area contributed by atoms with Crippen LogP contribution in [0.25, 0.3) is 0 Å². The van der Waals surface area contributed by atoms with Crippen molar-refractivity contribution in [1.82, 2.24) is 0 Å². The first-order valence-corrected chi connectivity index (χ1v) is 7.89. The molecule has 3 heteroatoms. The second-order valence-electron chi connectivity index (χ2n) is 6.03. The van der Waals surface area contributed by atoms with Crippen molar-refractivity contribution in [2.45, 2.75) is 13.3 Å². The Labute approximate surface area is 139 Å². The molecular weight excluding hydrogens is 276 g/mol. The first kappa shape index (κ1) is 14.2. The van der Waals surface area contributed by atoms with Crippen LogP contribution in [0, 0.1) is 6.92 Å². The number of hydrogen-bond acceptors (Lipinski definition) is 1. The molecule has 1 aliphatic heterocycles. The number of para-hydroxylation sites is 1. The van der Waals surface area contributed by atoms with Crippen LogP contribution in [0.2, 0.25) is 0 Å². The van der Waals surface area contributed by atoms with Gasteiger partial charge in [-0.05, 0) is 42.3 Å². The third-order valence-corrected chi connectivity index (χ3v) is 4.41. The Balaban J connectivity index is 1.94. The number of nitrogens with zero attached hydrogens (tertiary/aromatic N) is 1. The average Bonchev–Trinajstić information content (AvgIpc) is 2.59. The molecule has 1 aliphatic rings. The molecule has 0 fully saturated rings. The van der Waals surface area contributed by atoms with Gasteiger partial charge < -0.3 is 4.90 Å². The SMILES string of the molecule is [B][B]c1ccc2c(c1)Cc1cc(C)ccc1N2c1ccccc1. The zero-order valence-electron chi connectivity index (χ0n) is 13.2. The van der Waals surface area contributed by atoms with Crippen LogP contribution in [0.1, 0.15) is 16.7 Å². The van der Waals surface area contributed by atoms with Crippen molar-refractivity contribution < 1.29 is 0 Å². The average molecular weight is 292 g/mol. The Morgan fingerprint density at radius 3 is 2.30 bits per heavy atom. The summed E-state index contributed by atoms with van der Waals surface area (Å²) in [5.74, 6) is 0. The lowest BCUT2D eigenvalue weighted by Crippen LogP contribution is -2.22. The van der Waals surface area contributed by atoms with Gasteiger partial charge in [0.1, 0.15) is 0 Å². The second-order valence-corrected chi connectivity index (χ2v) is 6.03. The highest BCUT2D eigenvalue weighted by atomic mass is 15.2. The van der Waals surface area contributed by atoms with E-state index < -0.39 is 0 Å². The predicted molar refractivity (Wildman–Crippen MR) is 99.8 cm³/mol. The quantitative estimate of drug-likeness (QED) is 0.508. The minimum Gasteiger partial charge on any atom is -0.310 e. The lowest BCUT2D eigenvalue weighted by Gasteiger charge is -2.34. The molecule has 4 rings (SSSR count). The first-order valence-electron chi connectivity index (χ1n) is 7.89. The standard InChI is InChI=1S/C20H16B2N/c1-14-7-9-19-15(11-14)12-16-13-17(22-21)8-10-20(16)23(19)18-5-3-2-4-6-18/h2-11,13H,12H2,1H3. The van der Waals surface area contributed by atoms with Crippen LogP contribution in [0.15, 0.2) is 66.7 Å². The van der Waals surface area contributed by atoms with E-state index in [1.807, 2.05) is 0 Å². The predicted octanol–water partition coefficient (Wildman–Crippen LogP) is 3.78. The van der Waals surface area contributed by atoms with Gasteiger partial charge in [-0.2, -0.15) is 0 Å². The number of anilines is 3. The molecule has 0 bridgehead atoms. The molecule has 0 saturated heterocycles. The number of fused-ring (bicyclic) bond motifs is 2. The first-order chi connectivity index (χ1) is 11.3. The van der Waals surface area contributed by atoms with E-state index in [4.69, 9.17) is 7.74 Å². The summed E-state index contributed by atoms with van der Waals surface area (Å²) in [6.45, 7) is 2.15. The van der Waals surface area contributed by atoms with Gasteiger partial charge in [-0.3, -0.25) is 0 Å². The number of benzene rings is 3. The van der Waals surface area contributed by atoms with Gasteiger partial charge in [0, 0.05) is 31.2 Å². The van der Waals surface area contributed by atoms with Crippen LogP contribution in [-0.2, 0) is 6.42 Å². The molecular formula is C20H16B2N. The fourth-order valence-electron chi connectivity index (χ4n) is 3.33. The Kier molecular flexibility index (Phi) is 3.49. The lowest BCUT2D eigenvalue weighted by atomic mass is 9.51. The third-order valence-electron chi connectivity index (χ3n) is 4.41. The van der Waals surface area contributed by atoms with Crippen molar-refractivity contribution in [2.75, 3.05) is 4.90 Å². The Hall–Kier alpha value is -2.41. The minimum absolute atomic E-state index is 0.942. The highest BCUT2D eigenvalue weighted by Gasteiger charge is 2.23. The Bertz CT molecular complexity index is 859. The number of aryl methyl sites for hydroxylation is 1. The van der Waals surface area contributed by atoms with E-state index in [0.717, 1.165) is 11.9 Å². The van der Waals surface area contributed by atoms with Crippen LogP contribution in [-0.4, -0.2) is 14.9 Å². The van der Waals surface area contributed by atoms with Crippen molar-refractivity contribution >= 4 is 37.4 Å². The molecule has 0 atom stereocenters. The van der Waals surface area contributed by atoms with Gasteiger partial charge in [0.15, 0.2) is 0 Å². The third kappa shape index (κ3) is 2.46. The zero-order valence-corrected chi connectivity index (χ0v) is 13.2. The maximum Gasteiger partial charge on any atom is 0.0957 e. The second kappa shape index (κ2) is 5.66. The molecule has 0 saturated carbocycles. The maximum atomic E-state index is 5.71. The topological polar surface area (TPSA) is 3.24 Å². The van der Waals surface area contributed by atoms with Crippen LogP contribution in [0.5, 0.6) is 0 Å². The van der Waals surface area contributed by atoms with E-state index in [0.29, 0.717) is 0 Å². The molecule has 23 heavy (non-hydrogen) atoms. The van der Waals surface area contributed by atoms with Gasteiger partial charge in [0.25, 0.3) is 0 Å². The molecule has 107 valence electrons. The van der Waals surface area contributed by atoms with Gasteiger partial charge >= 0.3 is 0 Å². The molecule has 1 nitrogen and oxygen atoms in total. The largest absolute Gasteiger partial charge is 0.310 e. The normalized spacial score (nSPS) is 12.5. The molecule has 1 heterocycles. The van der Waals surface area contributed by atoms with Crippen LogP contribution >= 0.6 is 0 Å². The molecule has 3 aromatic carbocycles. The summed E-state index contributed by atoms with van der Waals surface area (Å²) in [5, 5.41) is 0. The Morgan fingerprint density at radius 1 is 0.870 bits per heavy atom. The smallest absolute Gasteiger partial charge is 0.0957 e. The molecule has 3 aromatic rings. The van der Waals surface area contributed by atoms with Crippen LogP contribution < -0.4 is 10.4 Å². The zero-order chi connectivity index (χ0) is 15.8. The van der Waals surface area contributed by atoms with Gasteiger partial charge in [0.2, 0.25) is 0 Å². The summed E-state index contributed by atoms with van der Waals surface area (Å²) in [6.07, 6.45) is 0.942. The van der Waals surface area contributed by atoms with E-state index in [-0.39, 0.29) is 0 Å². The fourth-order valence-corrected chi connectivity index (χ4v) is 3.33. The molecule has 0 N–H and O–H groups in total. The molecule has 0 amide bonds. The van der Waals surface area contributed by atoms with E-state index in [9.17, 15) is 0 Å². The molecule has 0 aromatic heterocycles. The molecule has 3 radical (unpaired) electrons. The van der Waals surface area contributed by atoms with E-state index >= 15 is 0 Å². The lowest BCUT2D eigenvalue weighted by molar-refractivity contribution is 1.08. The minimum atomic E-state index is 0.942. The fraction of sp³-hybridized carbons (Fsp3) is 0.100. The van der Waals surface area contributed by atoms with Gasteiger partial charge in [-0.25, -0.2) is 0 Å². The van der Waals surface area contributed by atoms with Gasteiger partial charge in [0.05, 0.1) is 7.17 Å². The van der Waals surface area contributed by atoms with Crippen molar-refractivity contribution in [1.29, 1.82) is 0 Å². The van der Waals surface area contributed by atoms with Crippen molar-refractivity contribution in [2.24, 2.45) is 0 Å². The van der Waals surface area contributed by atoms with Gasteiger partial charge in [-0.1, -0.05) is 53.5 Å². The Morgan fingerprint density at radius 2 is 1.57 bits per heavy atom. The molecule has 0 unspecified atom stereocenters. The monoisotopic (exact) mass is 292 g/mol. The number of rotatable bonds is 2. The summed E-state index contributed by atoms with van der Waals surface area (Å²) in [6, 6.07) is 23.7. The van der Waals surface area contributed by atoms with E-state index in [1.54, 1.807) is 7.17 Å². The van der Waals surface area contributed by atoms with Crippen molar-refractivity contribution in [3.05, 3.63) is 83.4 Å². The number of hydrogen-bond donors (Lipinski definition) is 0. The van der Waals surface area contributed by atoms with Gasteiger partial charge in [-0.15, -0.1) is 0 Å². The van der Waals surface area contributed by atoms with E-state index in [1.165, 1.54) is 33.8 Å². The summed E-state index contributed by atoms with van der Waals surface area (Å²) in [4.78, 5) is 2.34. The van der Waals surface area contributed by atoms with Crippen molar-refractivity contribution in [3.63, 3.8) is 0 Å². The molecule has 0 spiro atoms. The van der Waals surface area contributed by atoms with E-state index in [2.05, 4.69) is 78.6 Å². The van der Waals surface area contributed by atoms with Crippen LogP contribution in [0.4, 0.5) is 17.1 Å². The maximum absolute atomic E-state index is 5.71. The summed E-state index contributed by atoms with van der Waals surface area (Å²) in [5.41, 5.74) is 8.70. The highest BCUT2D eigenvalue weighted by Crippen LogP contribution is 2.43. The summed E-state index contributed by atoms with van der Waals surface area (Å²) < 4.78 is 0.